The molecule has 0 fully saturated rings. The van der Waals surface area contributed by atoms with Crippen LogP contribution in [0, 0.1) is 0 Å². The van der Waals surface area contributed by atoms with Gasteiger partial charge in [-0.1, -0.05) is 52.8 Å². The zero-order valence-corrected chi connectivity index (χ0v) is 16.6. The number of hydrogen-bond acceptors (Lipinski definition) is 3. The van der Waals surface area contributed by atoms with Gasteiger partial charge in [0.2, 0.25) is 6.71 Å². The van der Waals surface area contributed by atoms with Gasteiger partial charge in [0, 0.05) is 0 Å². The number of hydrogen-bond donors (Lipinski definition) is 0. The van der Waals surface area contributed by atoms with E-state index < -0.39 is 43.0 Å². The Kier molecular flexibility index (Phi) is 6.94. The summed E-state index contributed by atoms with van der Waals surface area (Å²) in [6, 6.07) is 14.0. The van der Waals surface area contributed by atoms with Crippen molar-refractivity contribution in [1.29, 1.82) is 0 Å². The molecule has 0 aliphatic heterocycles. The fourth-order valence-electron chi connectivity index (χ4n) is 3.16. The summed E-state index contributed by atoms with van der Waals surface area (Å²) >= 11 is 0. The molecule has 0 saturated heterocycles. The summed E-state index contributed by atoms with van der Waals surface area (Å²) in [7, 11) is 0. The first-order valence-corrected chi connectivity index (χ1v) is 9.26. The van der Waals surface area contributed by atoms with Gasteiger partial charge in [-0.2, -0.15) is 0 Å². The molecule has 0 heterocycles. The molecule has 34 heavy (non-hydrogen) atoms. The summed E-state index contributed by atoms with van der Waals surface area (Å²) in [5, 5.41) is 0. The summed E-state index contributed by atoms with van der Waals surface area (Å²) in [6.07, 6.45) is -14.7. The van der Waals surface area contributed by atoms with Crippen LogP contribution >= 0.6 is 0 Å². The van der Waals surface area contributed by atoms with Crippen molar-refractivity contribution < 1.29 is 53.7 Å². The molecule has 0 aromatic heterocycles. The van der Waals surface area contributed by atoms with Gasteiger partial charge < -0.3 is 14.2 Å². The molecule has 180 valence electrons. The molecule has 3 aromatic carbocycles. The van der Waals surface area contributed by atoms with Crippen molar-refractivity contribution in [3.63, 3.8) is 0 Å². The van der Waals surface area contributed by atoms with Crippen molar-refractivity contribution in [1.82, 2.24) is 0 Å². The molecule has 0 unspecified atom stereocenters. The quantitative estimate of drug-likeness (QED) is 0.361. The first-order chi connectivity index (χ1) is 15.7. The summed E-state index contributed by atoms with van der Waals surface area (Å²) in [4.78, 5) is 0. The first-order valence-electron chi connectivity index (χ1n) is 9.26. The second-order valence-electron chi connectivity index (χ2n) is 6.78. The topological polar surface area (TPSA) is 27.7 Å². The van der Waals surface area contributed by atoms with Crippen LogP contribution in [-0.2, 0) is 0 Å². The predicted octanol–water partition coefficient (Wildman–Crippen LogP) is 4.90. The van der Waals surface area contributed by atoms with Gasteiger partial charge in [0.15, 0.2) is 0 Å². The zero-order valence-electron chi connectivity index (χ0n) is 16.6. The Morgan fingerprint density at radius 3 is 0.765 bits per heavy atom. The fourth-order valence-corrected chi connectivity index (χ4v) is 3.16. The minimum atomic E-state index is -4.91. The van der Waals surface area contributed by atoms with E-state index in [4.69, 9.17) is 0 Å². The monoisotopic (exact) mass is 494 g/mol. The van der Waals surface area contributed by atoms with Crippen molar-refractivity contribution in [2.75, 3.05) is 0 Å². The van der Waals surface area contributed by atoms with Gasteiger partial charge in [-0.15, -0.1) is 39.5 Å². The third kappa shape index (κ3) is 7.53. The average Bonchev–Trinajstić information content (AvgIpc) is 2.69. The van der Waals surface area contributed by atoms with Crippen LogP contribution in [0.3, 0.4) is 0 Å². The number of halogens is 9. The van der Waals surface area contributed by atoms with E-state index in [0.717, 1.165) is 36.4 Å². The standard InChI is InChI=1S/C21H12BF9O3/c23-19(24,25)32-16-7-1-13(2-8-16)22(14-3-9-17(10-4-14)33-20(26,27)28)15-5-11-18(12-6-15)34-21(29,30)31/h1-12H. The van der Waals surface area contributed by atoms with Gasteiger partial charge >= 0.3 is 19.1 Å². The highest BCUT2D eigenvalue weighted by atomic mass is 19.4. The summed E-state index contributed by atoms with van der Waals surface area (Å²) in [6.45, 7) is -0.764. The lowest BCUT2D eigenvalue weighted by atomic mass is 9.37. The second kappa shape index (κ2) is 9.39. The molecular formula is C21H12BF9O3. The molecule has 13 heteroatoms. The molecule has 3 aromatic rings. The summed E-state index contributed by atoms with van der Waals surface area (Å²) in [5.41, 5.74) is 1.18. The van der Waals surface area contributed by atoms with E-state index >= 15 is 0 Å². The van der Waals surface area contributed by atoms with E-state index in [1.54, 1.807) is 0 Å². The number of rotatable bonds is 6. The van der Waals surface area contributed by atoms with E-state index in [1.165, 1.54) is 36.4 Å². The average molecular weight is 494 g/mol. The highest BCUT2D eigenvalue weighted by molar-refractivity contribution is 6.95. The van der Waals surface area contributed by atoms with Crippen LogP contribution in [0.4, 0.5) is 39.5 Å². The number of alkyl halides is 9. The van der Waals surface area contributed by atoms with Crippen LogP contribution in [0.2, 0.25) is 0 Å². The molecule has 0 aliphatic carbocycles. The maximum Gasteiger partial charge on any atom is 0.573 e. The van der Waals surface area contributed by atoms with Gasteiger partial charge in [0.05, 0.1) is 0 Å². The fraction of sp³-hybridized carbons (Fsp3) is 0.143. The normalized spacial score (nSPS) is 12.3. The van der Waals surface area contributed by atoms with Crippen LogP contribution in [0.25, 0.3) is 0 Å². The molecule has 3 nitrogen and oxygen atoms in total. The molecule has 0 spiro atoms. The summed E-state index contributed by atoms with van der Waals surface area (Å²) < 4.78 is 123. The Bertz CT molecular complexity index is 934. The van der Waals surface area contributed by atoms with Crippen LogP contribution in [0.15, 0.2) is 72.8 Å². The lowest BCUT2D eigenvalue weighted by molar-refractivity contribution is -0.275. The molecule has 0 N–H and O–H groups in total. The Labute approximate surface area is 186 Å². The second-order valence-corrected chi connectivity index (χ2v) is 6.78. The minimum absolute atomic E-state index is 0.392. The van der Waals surface area contributed by atoms with Gasteiger partial charge in [-0.25, -0.2) is 0 Å². The van der Waals surface area contributed by atoms with Crippen LogP contribution in [-0.4, -0.2) is 25.8 Å². The third-order valence-corrected chi connectivity index (χ3v) is 4.34. The Morgan fingerprint density at radius 2 is 0.588 bits per heavy atom. The van der Waals surface area contributed by atoms with Crippen molar-refractivity contribution >= 4 is 23.1 Å². The van der Waals surface area contributed by atoms with E-state index in [0.29, 0.717) is 16.4 Å². The van der Waals surface area contributed by atoms with Crippen molar-refractivity contribution in [3.05, 3.63) is 72.8 Å². The van der Waals surface area contributed by atoms with Crippen LogP contribution in [0.1, 0.15) is 0 Å². The highest BCUT2D eigenvalue weighted by Crippen LogP contribution is 2.24. The molecule has 0 bridgehead atoms. The van der Waals surface area contributed by atoms with Gasteiger partial charge in [-0.3, -0.25) is 0 Å². The minimum Gasteiger partial charge on any atom is -0.406 e. The smallest absolute Gasteiger partial charge is 0.406 e. The van der Waals surface area contributed by atoms with Crippen LogP contribution < -0.4 is 30.6 Å². The van der Waals surface area contributed by atoms with Crippen molar-refractivity contribution in [2.24, 2.45) is 0 Å². The third-order valence-electron chi connectivity index (χ3n) is 4.34. The Balaban J connectivity index is 1.97. The van der Waals surface area contributed by atoms with E-state index in [2.05, 4.69) is 14.2 Å². The maximum absolute atomic E-state index is 12.4. The molecule has 3 rings (SSSR count). The molecular weight excluding hydrogens is 482 g/mol. The van der Waals surface area contributed by atoms with Gasteiger partial charge in [-0.05, 0) is 36.4 Å². The van der Waals surface area contributed by atoms with E-state index in [1.807, 2.05) is 0 Å². The lowest BCUT2D eigenvalue weighted by Crippen LogP contribution is -2.51. The molecule has 0 saturated carbocycles. The Hall–Kier alpha value is -3.51. The number of ether oxygens (including phenoxy) is 3. The van der Waals surface area contributed by atoms with E-state index in [-0.39, 0.29) is 0 Å². The molecule has 0 amide bonds. The maximum atomic E-state index is 12.4. The summed E-state index contributed by atoms with van der Waals surface area (Å²) in [5.74, 6) is -1.51. The first kappa shape index (κ1) is 25.1. The molecule has 0 atom stereocenters. The SMILES string of the molecule is FC(F)(F)Oc1ccc(B(c2ccc(OC(F)(F)F)cc2)c2ccc(OC(F)(F)F)cc2)cc1. The highest BCUT2D eigenvalue weighted by Gasteiger charge is 2.33. The predicted molar refractivity (Wildman–Crippen MR) is 104 cm³/mol. The van der Waals surface area contributed by atoms with Crippen molar-refractivity contribution in [3.8, 4) is 17.2 Å². The van der Waals surface area contributed by atoms with Gasteiger partial charge in [0.1, 0.15) is 17.2 Å². The largest absolute Gasteiger partial charge is 0.573 e. The molecule has 0 radical (unpaired) electrons. The molecule has 0 aliphatic rings. The number of benzene rings is 3. The van der Waals surface area contributed by atoms with Crippen molar-refractivity contribution in [2.45, 2.75) is 19.1 Å². The van der Waals surface area contributed by atoms with Gasteiger partial charge in [0.25, 0.3) is 0 Å². The Morgan fingerprint density at radius 1 is 0.382 bits per heavy atom. The van der Waals surface area contributed by atoms with Crippen LogP contribution in [0.5, 0.6) is 17.2 Å². The lowest BCUT2D eigenvalue weighted by Gasteiger charge is -2.18. The zero-order chi connectivity index (χ0) is 25.1. The van der Waals surface area contributed by atoms with E-state index in [9.17, 15) is 39.5 Å².